The number of rotatable bonds is 10. The van der Waals surface area contributed by atoms with Crippen molar-refractivity contribution < 1.29 is 22.8 Å². The van der Waals surface area contributed by atoms with Gasteiger partial charge in [0.05, 0.1) is 0 Å². The second kappa shape index (κ2) is 9.35. The van der Waals surface area contributed by atoms with Gasteiger partial charge in [0, 0.05) is 24.4 Å². The predicted molar refractivity (Wildman–Crippen MR) is 84.8 cm³/mol. The second-order valence-corrected chi connectivity index (χ2v) is 8.20. The SMILES string of the molecule is C=CC(=O)OC(CC)[Si](OC(C)C)(OC(C)C)OC(C)C. The highest BCUT2D eigenvalue weighted by Crippen LogP contribution is 2.25. The van der Waals surface area contributed by atoms with Crippen LogP contribution in [0.4, 0.5) is 0 Å². The maximum atomic E-state index is 11.6. The molecule has 0 saturated heterocycles. The first-order valence-corrected chi connectivity index (χ1v) is 9.33. The predicted octanol–water partition coefficient (Wildman–Crippen LogP) is 3.25. The van der Waals surface area contributed by atoms with Crippen LogP contribution < -0.4 is 0 Å². The monoisotopic (exact) mass is 318 g/mol. The highest BCUT2D eigenvalue weighted by Gasteiger charge is 2.53. The van der Waals surface area contributed by atoms with Crippen LogP contribution in [0.3, 0.4) is 0 Å². The normalized spacial score (nSPS) is 13.8. The zero-order valence-corrected chi connectivity index (χ0v) is 15.3. The summed E-state index contributed by atoms with van der Waals surface area (Å²) in [6.07, 6.45) is 1.42. The average Bonchev–Trinajstić information content (AvgIpc) is 2.32. The summed E-state index contributed by atoms with van der Waals surface area (Å²) in [6, 6.07) is 0. The van der Waals surface area contributed by atoms with E-state index in [0.717, 1.165) is 6.08 Å². The fourth-order valence-corrected chi connectivity index (χ4v) is 5.24. The molecule has 0 amide bonds. The van der Waals surface area contributed by atoms with Crippen molar-refractivity contribution >= 4 is 14.8 Å². The molecule has 5 nitrogen and oxygen atoms in total. The van der Waals surface area contributed by atoms with Crippen LogP contribution in [0.1, 0.15) is 54.9 Å². The lowest BCUT2D eigenvalue weighted by Crippen LogP contribution is -2.60. The largest absolute Gasteiger partial charge is 0.544 e. The molecule has 0 aromatic rings. The maximum Gasteiger partial charge on any atom is 0.544 e. The van der Waals surface area contributed by atoms with E-state index >= 15 is 0 Å². The lowest BCUT2D eigenvalue weighted by atomic mass is 10.5. The van der Waals surface area contributed by atoms with Crippen molar-refractivity contribution in [3.63, 3.8) is 0 Å². The fraction of sp³-hybridized carbons (Fsp3) is 0.800. The molecule has 0 aromatic carbocycles. The Morgan fingerprint density at radius 3 is 1.62 bits per heavy atom. The fourth-order valence-electron chi connectivity index (χ4n) is 1.89. The molecule has 6 heteroatoms. The molecule has 0 aromatic heterocycles. The number of hydrogen-bond donors (Lipinski definition) is 0. The summed E-state index contributed by atoms with van der Waals surface area (Å²) in [7, 11) is -3.18. The number of esters is 1. The van der Waals surface area contributed by atoms with Crippen molar-refractivity contribution in [2.75, 3.05) is 0 Å². The first kappa shape index (κ1) is 20.3. The van der Waals surface area contributed by atoms with E-state index in [1.54, 1.807) is 0 Å². The van der Waals surface area contributed by atoms with Gasteiger partial charge in [-0.15, -0.1) is 0 Å². The molecule has 0 fully saturated rings. The third-order valence-corrected chi connectivity index (χ3v) is 6.10. The van der Waals surface area contributed by atoms with Gasteiger partial charge in [-0.1, -0.05) is 13.5 Å². The summed E-state index contributed by atoms with van der Waals surface area (Å²) >= 11 is 0. The number of hydrogen-bond acceptors (Lipinski definition) is 5. The van der Waals surface area contributed by atoms with E-state index in [1.165, 1.54) is 0 Å². The lowest BCUT2D eigenvalue weighted by molar-refractivity contribution is -0.144. The van der Waals surface area contributed by atoms with E-state index in [4.69, 9.17) is 18.0 Å². The molecule has 1 atom stereocenters. The summed E-state index contributed by atoms with van der Waals surface area (Å²) in [4.78, 5) is 11.6. The van der Waals surface area contributed by atoms with Crippen LogP contribution in [0.15, 0.2) is 12.7 Å². The molecule has 0 aliphatic rings. The van der Waals surface area contributed by atoms with Crippen molar-refractivity contribution in [2.24, 2.45) is 0 Å². The van der Waals surface area contributed by atoms with Gasteiger partial charge in [0.1, 0.15) is 0 Å². The Kier molecular flexibility index (Phi) is 9.04. The molecule has 0 rings (SSSR count). The number of carbonyl (C=O) groups is 1. The minimum atomic E-state index is -3.18. The maximum absolute atomic E-state index is 11.6. The van der Waals surface area contributed by atoms with Gasteiger partial charge < -0.3 is 18.0 Å². The van der Waals surface area contributed by atoms with Crippen LogP contribution in [0.5, 0.6) is 0 Å². The molecule has 0 aliphatic heterocycles. The summed E-state index contributed by atoms with van der Waals surface area (Å²) in [5, 5.41) is 0. The minimum Gasteiger partial charge on any atom is -0.455 e. The van der Waals surface area contributed by atoms with Crippen LogP contribution in [-0.2, 0) is 22.8 Å². The van der Waals surface area contributed by atoms with E-state index in [0.29, 0.717) is 6.42 Å². The molecule has 21 heavy (non-hydrogen) atoms. The Balaban J connectivity index is 5.53. The molecule has 0 radical (unpaired) electrons. The Bertz CT molecular complexity index is 301. The molecule has 0 N–H and O–H groups in total. The van der Waals surface area contributed by atoms with Crippen molar-refractivity contribution in [3.8, 4) is 0 Å². The zero-order valence-electron chi connectivity index (χ0n) is 14.3. The molecule has 1 unspecified atom stereocenters. The molecule has 0 spiro atoms. The molecular weight excluding hydrogens is 288 g/mol. The second-order valence-electron chi connectivity index (χ2n) is 5.64. The Morgan fingerprint density at radius 2 is 1.38 bits per heavy atom. The Hall–Kier alpha value is -0.693. The van der Waals surface area contributed by atoms with Crippen LogP contribution in [0.25, 0.3) is 0 Å². The van der Waals surface area contributed by atoms with Gasteiger partial charge in [0.2, 0.25) is 0 Å². The van der Waals surface area contributed by atoms with Crippen molar-refractivity contribution in [2.45, 2.75) is 78.9 Å². The topological polar surface area (TPSA) is 54.0 Å². The van der Waals surface area contributed by atoms with Gasteiger partial charge in [-0.05, 0) is 48.0 Å². The van der Waals surface area contributed by atoms with E-state index in [9.17, 15) is 4.79 Å². The van der Waals surface area contributed by atoms with Gasteiger partial charge in [0.25, 0.3) is 0 Å². The van der Waals surface area contributed by atoms with E-state index < -0.39 is 20.5 Å². The summed E-state index contributed by atoms with van der Waals surface area (Å²) < 4.78 is 23.6. The first-order valence-electron chi connectivity index (χ1n) is 7.53. The molecule has 0 bridgehead atoms. The lowest BCUT2D eigenvalue weighted by Gasteiger charge is -2.38. The van der Waals surface area contributed by atoms with Gasteiger partial charge in [-0.2, -0.15) is 0 Å². The van der Waals surface area contributed by atoms with Gasteiger partial charge in [-0.3, -0.25) is 0 Å². The Labute approximate surface area is 130 Å². The van der Waals surface area contributed by atoms with Crippen LogP contribution in [-0.4, -0.2) is 38.8 Å². The van der Waals surface area contributed by atoms with Crippen LogP contribution in [0.2, 0.25) is 0 Å². The molecule has 124 valence electrons. The highest BCUT2D eigenvalue weighted by atomic mass is 28.4. The summed E-state index contributed by atoms with van der Waals surface area (Å²) in [5.74, 6) is -0.495. The number of ether oxygens (including phenoxy) is 1. The third-order valence-electron chi connectivity index (χ3n) is 2.39. The minimum absolute atomic E-state index is 0.0920. The van der Waals surface area contributed by atoms with Crippen LogP contribution >= 0.6 is 0 Å². The van der Waals surface area contributed by atoms with Crippen molar-refractivity contribution in [1.29, 1.82) is 0 Å². The first-order chi connectivity index (χ1) is 9.66. The third kappa shape index (κ3) is 7.22. The molecule has 0 aliphatic carbocycles. The van der Waals surface area contributed by atoms with Crippen molar-refractivity contribution in [1.82, 2.24) is 0 Å². The molecular formula is C15H30O5Si. The van der Waals surface area contributed by atoms with E-state index in [-0.39, 0.29) is 18.3 Å². The standard InChI is InChI=1S/C15H30O5Si/c1-9-14(16)17-15(10-2)21(18-11(3)4,19-12(5)6)20-13(7)8/h9,11-13,15H,1,10H2,2-8H3. The molecule has 0 heterocycles. The van der Waals surface area contributed by atoms with E-state index in [1.807, 2.05) is 48.5 Å². The van der Waals surface area contributed by atoms with E-state index in [2.05, 4.69) is 6.58 Å². The average molecular weight is 318 g/mol. The quantitative estimate of drug-likeness (QED) is 0.351. The Morgan fingerprint density at radius 1 is 1.00 bits per heavy atom. The zero-order chi connectivity index (χ0) is 16.6. The smallest absolute Gasteiger partial charge is 0.455 e. The summed E-state index contributed by atoms with van der Waals surface area (Å²) in [6.45, 7) is 16.8. The van der Waals surface area contributed by atoms with Gasteiger partial charge in [-0.25, -0.2) is 4.79 Å². The summed E-state index contributed by atoms with van der Waals surface area (Å²) in [5.41, 5.74) is -0.546. The van der Waals surface area contributed by atoms with Crippen molar-refractivity contribution in [3.05, 3.63) is 12.7 Å². The van der Waals surface area contributed by atoms with Gasteiger partial charge >= 0.3 is 14.8 Å². The van der Waals surface area contributed by atoms with Gasteiger partial charge in [0.15, 0.2) is 5.73 Å². The molecule has 0 saturated carbocycles. The number of carbonyl (C=O) groups excluding carboxylic acids is 1. The van der Waals surface area contributed by atoms with Crippen LogP contribution in [0, 0.1) is 0 Å². The highest BCUT2D eigenvalue weighted by molar-refractivity contribution is 6.62.